The molecule has 0 saturated carbocycles. The Labute approximate surface area is 222 Å². The zero-order valence-electron chi connectivity index (χ0n) is 20.3. The van der Waals surface area contributed by atoms with E-state index in [0.29, 0.717) is 0 Å². The molecule has 4 aromatic carbocycles. The van der Waals surface area contributed by atoms with Crippen molar-refractivity contribution in [3.05, 3.63) is 122 Å². The number of furan rings is 1. The molecule has 3 nitrogen and oxygen atoms in total. The molecule has 4 heteroatoms. The molecule has 0 atom stereocenters. The van der Waals surface area contributed by atoms with Gasteiger partial charge in [0.1, 0.15) is 11.1 Å². The Kier molecular flexibility index (Phi) is 4.69. The molecule has 8 rings (SSSR count). The van der Waals surface area contributed by atoms with E-state index in [1.807, 2.05) is 41.9 Å². The van der Waals surface area contributed by atoms with Gasteiger partial charge < -0.3 is 4.42 Å². The van der Waals surface area contributed by atoms with Crippen molar-refractivity contribution in [2.75, 3.05) is 0 Å². The van der Waals surface area contributed by atoms with E-state index >= 15 is 0 Å². The monoisotopic (exact) mass is 504 g/mol. The first kappa shape index (κ1) is 21.3. The highest BCUT2D eigenvalue weighted by molar-refractivity contribution is 7.26. The van der Waals surface area contributed by atoms with E-state index in [0.717, 1.165) is 33.2 Å². The zero-order valence-corrected chi connectivity index (χ0v) is 21.1. The van der Waals surface area contributed by atoms with Crippen molar-refractivity contribution in [2.45, 2.75) is 0 Å². The maximum Gasteiger partial charge on any atom is 0.153 e. The molecule has 4 aromatic heterocycles. The molecule has 0 aliphatic carbocycles. The lowest BCUT2D eigenvalue weighted by Gasteiger charge is -2.06. The molecule has 4 heterocycles. The second-order valence-electron chi connectivity index (χ2n) is 9.45. The van der Waals surface area contributed by atoms with Gasteiger partial charge in [-0.25, -0.2) is 0 Å². The minimum absolute atomic E-state index is 0.818. The van der Waals surface area contributed by atoms with E-state index in [9.17, 15) is 0 Å². The van der Waals surface area contributed by atoms with Gasteiger partial charge in [0.15, 0.2) is 5.58 Å². The molecule has 0 saturated heterocycles. The summed E-state index contributed by atoms with van der Waals surface area (Å²) in [4.78, 5) is 8.78. The topological polar surface area (TPSA) is 38.9 Å². The van der Waals surface area contributed by atoms with Crippen molar-refractivity contribution in [1.82, 2.24) is 9.97 Å². The number of hydrogen-bond acceptors (Lipinski definition) is 4. The lowest BCUT2D eigenvalue weighted by molar-refractivity contribution is 0.668. The van der Waals surface area contributed by atoms with Crippen LogP contribution in [0.4, 0.5) is 0 Å². The van der Waals surface area contributed by atoms with Gasteiger partial charge in [-0.3, -0.25) is 9.97 Å². The number of benzene rings is 4. The second-order valence-corrected chi connectivity index (χ2v) is 10.5. The van der Waals surface area contributed by atoms with E-state index < -0.39 is 0 Å². The summed E-state index contributed by atoms with van der Waals surface area (Å²) in [6.07, 6.45) is 5.52. The fraction of sp³-hybridized carbons (Fsp3) is 0. The summed E-state index contributed by atoms with van der Waals surface area (Å²) >= 11 is 1.86. The molecule has 0 unspecified atom stereocenters. The molecule has 0 N–H and O–H groups in total. The molecule has 0 spiro atoms. The molecule has 0 amide bonds. The van der Waals surface area contributed by atoms with Gasteiger partial charge in [0.25, 0.3) is 0 Å². The van der Waals surface area contributed by atoms with Crippen LogP contribution in [0.3, 0.4) is 0 Å². The van der Waals surface area contributed by atoms with Crippen LogP contribution in [0.2, 0.25) is 0 Å². The minimum Gasteiger partial charge on any atom is -0.454 e. The Morgan fingerprint density at radius 1 is 0.526 bits per heavy atom. The SMILES string of the molecule is c1cncc(-c2ccc(-c3cccc4c3sc3c(-c5ccc6c(c5)oc5cccnc56)cccc34)cc2)c1. The molecule has 0 aliphatic heterocycles. The Morgan fingerprint density at radius 3 is 2.00 bits per heavy atom. The number of aromatic nitrogens is 2. The van der Waals surface area contributed by atoms with Gasteiger partial charge >= 0.3 is 0 Å². The average molecular weight is 505 g/mol. The summed E-state index contributed by atoms with van der Waals surface area (Å²) in [5.41, 5.74) is 9.73. The largest absolute Gasteiger partial charge is 0.454 e. The van der Waals surface area contributed by atoms with Crippen LogP contribution in [-0.4, -0.2) is 9.97 Å². The van der Waals surface area contributed by atoms with E-state index in [-0.39, 0.29) is 0 Å². The number of hydrogen-bond donors (Lipinski definition) is 0. The van der Waals surface area contributed by atoms with Crippen molar-refractivity contribution in [3.63, 3.8) is 0 Å². The van der Waals surface area contributed by atoms with E-state index in [2.05, 4.69) is 94.9 Å². The number of thiophene rings is 1. The predicted octanol–water partition coefficient (Wildman–Crippen LogP) is 9.74. The van der Waals surface area contributed by atoms with Crippen LogP contribution in [-0.2, 0) is 0 Å². The van der Waals surface area contributed by atoms with Gasteiger partial charge in [0.2, 0.25) is 0 Å². The first-order valence-corrected chi connectivity index (χ1v) is 13.4. The first-order chi connectivity index (χ1) is 18.8. The molecule has 0 fully saturated rings. The summed E-state index contributed by atoms with van der Waals surface area (Å²) in [5.74, 6) is 0. The molecule has 38 heavy (non-hydrogen) atoms. The highest BCUT2D eigenvalue weighted by atomic mass is 32.1. The van der Waals surface area contributed by atoms with Crippen molar-refractivity contribution >= 4 is 53.6 Å². The number of fused-ring (bicyclic) bond motifs is 6. The maximum absolute atomic E-state index is 6.14. The van der Waals surface area contributed by atoms with E-state index in [1.54, 1.807) is 6.20 Å². The van der Waals surface area contributed by atoms with E-state index in [4.69, 9.17) is 4.42 Å². The number of nitrogens with zero attached hydrogens (tertiary/aromatic N) is 2. The quantitative estimate of drug-likeness (QED) is 0.240. The van der Waals surface area contributed by atoms with Gasteiger partial charge in [-0.05, 0) is 63.7 Å². The van der Waals surface area contributed by atoms with Gasteiger partial charge in [0, 0.05) is 44.1 Å². The molecule has 178 valence electrons. The zero-order chi connectivity index (χ0) is 25.1. The Hall–Kier alpha value is -4.80. The van der Waals surface area contributed by atoms with Gasteiger partial charge in [-0.2, -0.15) is 0 Å². The van der Waals surface area contributed by atoms with E-state index in [1.165, 1.54) is 42.4 Å². The third kappa shape index (κ3) is 3.28. The molecular formula is C34H20N2OS. The highest BCUT2D eigenvalue weighted by Gasteiger charge is 2.15. The number of rotatable bonds is 3. The first-order valence-electron chi connectivity index (χ1n) is 12.6. The minimum atomic E-state index is 0.818. The van der Waals surface area contributed by atoms with Crippen LogP contribution < -0.4 is 0 Å². The van der Waals surface area contributed by atoms with Crippen LogP contribution in [0.5, 0.6) is 0 Å². The van der Waals surface area contributed by atoms with Gasteiger partial charge in [-0.15, -0.1) is 11.3 Å². The smallest absolute Gasteiger partial charge is 0.153 e. The summed E-state index contributed by atoms with van der Waals surface area (Å²) < 4.78 is 8.73. The molecular weight excluding hydrogens is 484 g/mol. The Bertz CT molecular complexity index is 2120. The average Bonchev–Trinajstić information content (AvgIpc) is 3.56. The lowest BCUT2D eigenvalue weighted by atomic mass is 9.98. The summed E-state index contributed by atoms with van der Waals surface area (Å²) in [6, 6.07) is 36.4. The normalized spacial score (nSPS) is 11.7. The van der Waals surface area contributed by atoms with Crippen LogP contribution >= 0.6 is 11.3 Å². The summed E-state index contributed by atoms with van der Waals surface area (Å²) in [5, 5.41) is 3.61. The number of pyridine rings is 2. The van der Waals surface area contributed by atoms with Crippen LogP contribution in [0.15, 0.2) is 126 Å². The third-order valence-corrected chi connectivity index (χ3v) is 8.54. The fourth-order valence-electron chi connectivity index (χ4n) is 5.41. The van der Waals surface area contributed by atoms with Gasteiger partial charge in [0.05, 0.1) is 0 Å². The molecule has 0 radical (unpaired) electrons. The van der Waals surface area contributed by atoms with Crippen molar-refractivity contribution in [2.24, 2.45) is 0 Å². The van der Waals surface area contributed by atoms with Crippen molar-refractivity contribution in [1.29, 1.82) is 0 Å². The second kappa shape index (κ2) is 8.37. The van der Waals surface area contributed by atoms with Gasteiger partial charge in [-0.1, -0.05) is 72.8 Å². The summed E-state index contributed by atoms with van der Waals surface area (Å²) in [6.45, 7) is 0. The predicted molar refractivity (Wildman–Crippen MR) is 159 cm³/mol. The van der Waals surface area contributed by atoms with Crippen LogP contribution in [0, 0.1) is 0 Å². The van der Waals surface area contributed by atoms with Crippen LogP contribution in [0.1, 0.15) is 0 Å². The standard InChI is InChI=1S/C34H20N2OS/c1-6-25(22-13-11-21(12-14-22)24-5-3-17-35-20-24)33-27(8-1)28-9-2-7-26(34(28)38-33)23-15-16-29-31(19-23)37-30-10-4-18-36-32(29)30/h1-20H. The van der Waals surface area contributed by atoms with Crippen molar-refractivity contribution in [3.8, 4) is 33.4 Å². The van der Waals surface area contributed by atoms with Crippen molar-refractivity contribution < 1.29 is 4.42 Å². The highest BCUT2D eigenvalue weighted by Crippen LogP contribution is 2.44. The fourth-order valence-corrected chi connectivity index (χ4v) is 6.79. The lowest BCUT2D eigenvalue weighted by Crippen LogP contribution is -1.81. The molecule has 0 bridgehead atoms. The van der Waals surface area contributed by atoms with Crippen LogP contribution in [0.25, 0.3) is 75.6 Å². The maximum atomic E-state index is 6.14. The molecule has 0 aliphatic rings. The summed E-state index contributed by atoms with van der Waals surface area (Å²) in [7, 11) is 0. The third-order valence-electron chi connectivity index (χ3n) is 7.25. The Balaban J connectivity index is 1.28. The molecule has 8 aromatic rings. The Morgan fingerprint density at radius 2 is 1.24 bits per heavy atom.